The molecule has 0 aliphatic heterocycles. The van der Waals surface area contributed by atoms with Gasteiger partial charge in [-0.1, -0.05) is 127 Å². The molecule has 0 fully saturated rings. The van der Waals surface area contributed by atoms with Gasteiger partial charge in [0.1, 0.15) is 5.58 Å². The van der Waals surface area contributed by atoms with Crippen molar-refractivity contribution >= 4 is 96.9 Å². The number of furan rings is 1. The Balaban J connectivity index is 1.17. The van der Waals surface area contributed by atoms with Crippen LogP contribution in [-0.4, -0.2) is 14.5 Å². The van der Waals surface area contributed by atoms with E-state index in [2.05, 4.69) is 162 Å². The van der Waals surface area contributed by atoms with E-state index in [1.165, 1.54) is 26.2 Å². The van der Waals surface area contributed by atoms with E-state index in [9.17, 15) is 0 Å². The lowest BCUT2D eigenvalue weighted by atomic mass is 9.98. The number of rotatable bonds is 3. The van der Waals surface area contributed by atoms with Crippen molar-refractivity contribution in [1.29, 1.82) is 0 Å². The van der Waals surface area contributed by atoms with Gasteiger partial charge < -0.3 is 8.98 Å². The van der Waals surface area contributed by atoms with Crippen LogP contribution in [0.3, 0.4) is 0 Å². The van der Waals surface area contributed by atoms with Gasteiger partial charge in [-0.15, -0.1) is 11.3 Å². The highest BCUT2D eigenvalue weighted by molar-refractivity contribution is 7.26. The molecule has 4 nitrogen and oxygen atoms in total. The maximum Gasteiger partial charge on any atom is 0.161 e. The summed E-state index contributed by atoms with van der Waals surface area (Å²) >= 11 is 1.75. The summed E-state index contributed by atoms with van der Waals surface area (Å²) in [4.78, 5) is 10.7. The van der Waals surface area contributed by atoms with Gasteiger partial charge in [0, 0.05) is 42.8 Å². The van der Waals surface area contributed by atoms with Crippen molar-refractivity contribution in [2.24, 2.45) is 0 Å². The zero-order valence-corrected chi connectivity index (χ0v) is 29.1. The third kappa shape index (κ3) is 4.11. The van der Waals surface area contributed by atoms with Gasteiger partial charge in [-0.05, 0) is 57.9 Å². The van der Waals surface area contributed by atoms with Crippen LogP contribution < -0.4 is 0 Å². The van der Waals surface area contributed by atoms with E-state index in [0.29, 0.717) is 5.82 Å². The molecule has 0 saturated carbocycles. The summed E-state index contributed by atoms with van der Waals surface area (Å²) in [5, 5.41) is 10.4. The maximum absolute atomic E-state index is 7.05. The predicted octanol–water partition coefficient (Wildman–Crippen LogP) is 13.5. The molecular formula is C48H27N3OS. The van der Waals surface area contributed by atoms with Crippen LogP contribution in [-0.2, 0) is 0 Å². The highest BCUT2D eigenvalue weighted by atomic mass is 32.1. The first kappa shape index (κ1) is 28.8. The summed E-state index contributed by atoms with van der Waals surface area (Å²) in [7, 11) is 0. The van der Waals surface area contributed by atoms with Gasteiger partial charge in [0.05, 0.1) is 32.6 Å². The van der Waals surface area contributed by atoms with Crippen LogP contribution in [0.4, 0.5) is 0 Å². The van der Waals surface area contributed by atoms with Gasteiger partial charge in [-0.3, -0.25) is 0 Å². The van der Waals surface area contributed by atoms with Gasteiger partial charge in [-0.25, -0.2) is 9.97 Å². The zero-order chi connectivity index (χ0) is 34.6. The van der Waals surface area contributed by atoms with Crippen molar-refractivity contribution in [3.8, 4) is 28.3 Å². The number of thiophene rings is 1. The fourth-order valence-electron chi connectivity index (χ4n) is 8.43. The Kier molecular flexibility index (Phi) is 5.90. The number of aromatic nitrogens is 3. The summed E-state index contributed by atoms with van der Waals surface area (Å²) in [6, 6.07) is 58.1. The van der Waals surface area contributed by atoms with Crippen molar-refractivity contribution in [2.75, 3.05) is 0 Å². The molecule has 0 aliphatic rings. The Labute approximate surface area is 306 Å². The van der Waals surface area contributed by atoms with Gasteiger partial charge in [-0.2, -0.15) is 0 Å². The van der Waals surface area contributed by atoms with Crippen LogP contribution in [0.1, 0.15) is 0 Å². The van der Waals surface area contributed by atoms with Crippen molar-refractivity contribution in [1.82, 2.24) is 14.5 Å². The molecule has 12 rings (SSSR count). The number of benzene rings is 8. The summed E-state index contributed by atoms with van der Waals surface area (Å²) in [5.41, 5.74) is 8.93. The minimum Gasteiger partial charge on any atom is -0.454 e. The Morgan fingerprint density at radius 1 is 0.509 bits per heavy atom. The molecule has 5 heteroatoms. The van der Waals surface area contributed by atoms with E-state index < -0.39 is 0 Å². The first-order valence-corrected chi connectivity index (χ1v) is 18.6. The second-order valence-electron chi connectivity index (χ2n) is 13.7. The molecule has 0 atom stereocenters. The second kappa shape index (κ2) is 10.8. The average molecular weight is 694 g/mol. The molecule has 53 heavy (non-hydrogen) atoms. The van der Waals surface area contributed by atoms with Crippen LogP contribution in [0.15, 0.2) is 168 Å². The Hall–Kier alpha value is -6.82. The maximum atomic E-state index is 7.05. The molecule has 246 valence electrons. The normalized spacial score (nSPS) is 12.2. The van der Waals surface area contributed by atoms with Crippen molar-refractivity contribution < 1.29 is 4.42 Å². The molecule has 8 aromatic carbocycles. The standard InChI is InChI=1S/C48H27N3OS/c1-2-13-28(14-3-1)44-47-45(34-20-9-11-24-42(34)53-47)50-48(49-44)37-27-41-43(33-19-7-6-17-31(33)37)35-21-12-23-39(46(35)52-41)51-38-22-10-8-18-32(38)36-25-29-15-4-5-16-30(29)26-40(36)51/h1-27H. The van der Waals surface area contributed by atoms with Gasteiger partial charge >= 0.3 is 0 Å². The fourth-order valence-corrected chi connectivity index (χ4v) is 9.58. The van der Waals surface area contributed by atoms with Gasteiger partial charge in [0.2, 0.25) is 0 Å². The van der Waals surface area contributed by atoms with Crippen molar-refractivity contribution in [3.63, 3.8) is 0 Å². The zero-order valence-electron chi connectivity index (χ0n) is 28.2. The van der Waals surface area contributed by atoms with E-state index in [-0.39, 0.29) is 0 Å². The number of hydrogen-bond acceptors (Lipinski definition) is 4. The Morgan fingerprint density at radius 3 is 2.08 bits per heavy atom. The molecular weight excluding hydrogens is 667 g/mol. The third-order valence-corrected chi connectivity index (χ3v) is 11.9. The molecule has 4 aromatic heterocycles. The number of fused-ring (bicyclic) bond motifs is 12. The number of nitrogens with zero attached hydrogens (tertiary/aromatic N) is 3. The Morgan fingerprint density at radius 2 is 1.21 bits per heavy atom. The lowest BCUT2D eigenvalue weighted by Gasteiger charge is -2.10. The van der Waals surface area contributed by atoms with Crippen molar-refractivity contribution in [2.45, 2.75) is 0 Å². The summed E-state index contributed by atoms with van der Waals surface area (Å²) in [5.74, 6) is 0.688. The van der Waals surface area contributed by atoms with E-state index in [4.69, 9.17) is 14.4 Å². The van der Waals surface area contributed by atoms with Gasteiger partial charge in [0.15, 0.2) is 11.4 Å². The summed E-state index contributed by atoms with van der Waals surface area (Å²) in [6.45, 7) is 0. The quantitative estimate of drug-likeness (QED) is 0.185. The first-order chi connectivity index (χ1) is 26.3. The summed E-state index contributed by atoms with van der Waals surface area (Å²) in [6.07, 6.45) is 0. The molecule has 0 spiro atoms. The monoisotopic (exact) mass is 693 g/mol. The highest BCUT2D eigenvalue weighted by Crippen LogP contribution is 2.45. The van der Waals surface area contributed by atoms with Crippen LogP contribution >= 0.6 is 11.3 Å². The second-order valence-corrected chi connectivity index (χ2v) is 14.8. The molecule has 4 heterocycles. The third-order valence-electron chi connectivity index (χ3n) is 10.8. The lowest BCUT2D eigenvalue weighted by Crippen LogP contribution is -1.94. The number of hydrogen-bond donors (Lipinski definition) is 0. The Bertz CT molecular complexity index is 3460. The molecule has 0 aliphatic carbocycles. The van der Waals surface area contributed by atoms with E-state index in [1.54, 1.807) is 11.3 Å². The molecule has 0 saturated heterocycles. The minimum absolute atomic E-state index is 0.688. The first-order valence-electron chi connectivity index (χ1n) is 17.8. The van der Waals surface area contributed by atoms with Crippen LogP contribution in [0.2, 0.25) is 0 Å². The summed E-state index contributed by atoms with van der Waals surface area (Å²) < 4.78 is 11.7. The molecule has 12 aromatic rings. The largest absolute Gasteiger partial charge is 0.454 e. The lowest BCUT2D eigenvalue weighted by molar-refractivity contribution is 0.666. The highest BCUT2D eigenvalue weighted by Gasteiger charge is 2.23. The van der Waals surface area contributed by atoms with E-state index >= 15 is 0 Å². The topological polar surface area (TPSA) is 43.9 Å². The van der Waals surface area contributed by atoms with Crippen LogP contribution in [0.25, 0.3) is 114 Å². The van der Waals surface area contributed by atoms with Crippen LogP contribution in [0, 0.1) is 0 Å². The van der Waals surface area contributed by atoms with E-state index in [0.717, 1.165) is 81.9 Å². The fraction of sp³-hybridized carbons (Fsp3) is 0. The SMILES string of the molecule is c1ccc(-c2nc(-c3cc4oc5c(-n6c7ccccc7c7cc8ccccc8cc76)cccc5c4c4ccccc34)nc3c2sc2ccccc23)cc1. The molecule has 0 N–H and O–H groups in total. The van der Waals surface area contributed by atoms with Gasteiger partial charge in [0.25, 0.3) is 0 Å². The number of para-hydroxylation sites is 2. The average Bonchev–Trinajstić information content (AvgIpc) is 3.89. The smallest absolute Gasteiger partial charge is 0.161 e. The molecule has 0 bridgehead atoms. The predicted molar refractivity (Wildman–Crippen MR) is 222 cm³/mol. The van der Waals surface area contributed by atoms with Crippen LogP contribution in [0.5, 0.6) is 0 Å². The van der Waals surface area contributed by atoms with E-state index in [1.807, 2.05) is 6.07 Å². The molecule has 0 unspecified atom stereocenters. The molecule has 0 radical (unpaired) electrons. The molecule has 0 amide bonds. The van der Waals surface area contributed by atoms with Crippen molar-refractivity contribution in [3.05, 3.63) is 164 Å². The minimum atomic E-state index is 0.688.